The molecule has 0 aromatic carbocycles. The van der Waals surface area contributed by atoms with Gasteiger partial charge >= 0.3 is 0 Å². The highest BCUT2D eigenvalue weighted by Crippen LogP contribution is 2.31. The fraction of sp³-hybridized carbons (Fsp3) is 0.900. The minimum absolute atomic E-state index is 0.679. The first-order valence-electron chi connectivity index (χ1n) is 4.88. The third kappa shape index (κ3) is 2.78. The van der Waals surface area contributed by atoms with Crippen LogP contribution in [0.4, 0.5) is 0 Å². The van der Waals surface area contributed by atoms with Gasteiger partial charge in [0.05, 0.1) is 6.54 Å². The van der Waals surface area contributed by atoms with Crippen LogP contribution < -0.4 is 0 Å². The summed E-state index contributed by atoms with van der Waals surface area (Å²) in [5.74, 6) is 1.64. The lowest BCUT2D eigenvalue weighted by Crippen LogP contribution is -2.17. The molecule has 1 saturated carbocycles. The molecule has 0 bridgehead atoms. The van der Waals surface area contributed by atoms with Crippen molar-refractivity contribution in [3.63, 3.8) is 0 Å². The maximum atomic E-state index is 9.84. The largest absolute Gasteiger partial charge is 0.234 e. The van der Waals surface area contributed by atoms with Gasteiger partial charge in [-0.15, -0.1) is 0 Å². The van der Waals surface area contributed by atoms with Crippen molar-refractivity contribution in [2.24, 2.45) is 16.8 Å². The smallest absolute Gasteiger partial charge is 0.211 e. The van der Waals surface area contributed by atoms with Gasteiger partial charge in [-0.05, 0) is 18.3 Å². The maximum Gasteiger partial charge on any atom is 0.234 e. The lowest BCUT2D eigenvalue weighted by molar-refractivity contribution is 0.245. The molecule has 2 atom stereocenters. The van der Waals surface area contributed by atoms with Crippen LogP contribution in [0.5, 0.6) is 0 Å². The number of isocyanates is 1. The Morgan fingerprint density at radius 3 is 2.83 bits per heavy atom. The Labute approximate surface area is 74.1 Å². The highest BCUT2D eigenvalue weighted by atomic mass is 16.1. The summed E-state index contributed by atoms with van der Waals surface area (Å²) in [6.45, 7) is 2.99. The van der Waals surface area contributed by atoms with E-state index in [4.69, 9.17) is 0 Å². The highest BCUT2D eigenvalue weighted by molar-refractivity contribution is 5.32. The van der Waals surface area contributed by atoms with Gasteiger partial charge in [-0.1, -0.05) is 32.6 Å². The molecule has 68 valence electrons. The second kappa shape index (κ2) is 5.10. The summed E-state index contributed by atoms with van der Waals surface area (Å²) in [7, 11) is 0. The van der Waals surface area contributed by atoms with E-state index in [0.717, 1.165) is 18.3 Å². The molecule has 2 unspecified atom stereocenters. The van der Waals surface area contributed by atoms with Gasteiger partial charge in [-0.3, -0.25) is 0 Å². The minimum atomic E-state index is 0.679. The van der Waals surface area contributed by atoms with Gasteiger partial charge in [0.25, 0.3) is 0 Å². The number of rotatable bonds is 3. The van der Waals surface area contributed by atoms with Gasteiger partial charge in [0.1, 0.15) is 0 Å². The molecule has 0 aromatic heterocycles. The average molecular weight is 167 g/mol. The first kappa shape index (κ1) is 9.47. The molecule has 0 amide bonds. The zero-order chi connectivity index (χ0) is 8.81. The first-order valence-corrected chi connectivity index (χ1v) is 4.88. The van der Waals surface area contributed by atoms with Crippen molar-refractivity contribution >= 4 is 6.08 Å². The summed E-state index contributed by atoms with van der Waals surface area (Å²) in [4.78, 5) is 13.4. The molecule has 2 heteroatoms. The van der Waals surface area contributed by atoms with Crippen LogP contribution in [-0.4, -0.2) is 12.6 Å². The summed E-state index contributed by atoms with van der Waals surface area (Å²) in [5.41, 5.74) is 0. The molecule has 0 N–H and O–H groups in total. The van der Waals surface area contributed by atoms with E-state index in [0.29, 0.717) is 6.54 Å². The van der Waals surface area contributed by atoms with E-state index in [2.05, 4.69) is 11.9 Å². The third-order valence-electron chi connectivity index (χ3n) is 2.97. The maximum absolute atomic E-state index is 9.84. The Morgan fingerprint density at radius 2 is 2.17 bits per heavy atom. The molecule has 12 heavy (non-hydrogen) atoms. The summed E-state index contributed by atoms with van der Waals surface area (Å²) in [6.07, 6.45) is 8.11. The number of hydrogen-bond acceptors (Lipinski definition) is 2. The molecule has 1 fully saturated rings. The Morgan fingerprint density at radius 1 is 1.42 bits per heavy atom. The topological polar surface area (TPSA) is 29.4 Å². The number of aliphatic imine (C=N–C) groups is 1. The first-order chi connectivity index (χ1) is 5.84. The Hall–Kier alpha value is -0.620. The van der Waals surface area contributed by atoms with Crippen molar-refractivity contribution < 1.29 is 4.79 Å². The number of hydrogen-bond donors (Lipinski definition) is 0. The lowest BCUT2D eigenvalue weighted by Gasteiger charge is -2.27. The Balaban J connectivity index is 2.24. The van der Waals surface area contributed by atoms with Crippen LogP contribution in [0.25, 0.3) is 0 Å². The van der Waals surface area contributed by atoms with E-state index in [9.17, 15) is 4.79 Å². The predicted molar refractivity (Wildman–Crippen MR) is 48.7 cm³/mol. The van der Waals surface area contributed by atoms with Crippen molar-refractivity contribution in [3.05, 3.63) is 0 Å². The van der Waals surface area contributed by atoms with Crippen molar-refractivity contribution in [3.8, 4) is 0 Å². The zero-order valence-electron chi connectivity index (χ0n) is 7.75. The van der Waals surface area contributed by atoms with Gasteiger partial charge in [0.2, 0.25) is 6.08 Å². The van der Waals surface area contributed by atoms with E-state index in [1.54, 1.807) is 6.08 Å². The van der Waals surface area contributed by atoms with E-state index in [-0.39, 0.29) is 0 Å². The second-order valence-corrected chi connectivity index (χ2v) is 3.78. The van der Waals surface area contributed by atoms with Crippen molar-refractivity contribution in [2.75, 3.05) is 6.54 Å². The average Bonchev–Trinajstić information content (AvgIpc) is 2.09. The molecular weight excluding hydrogens is 150 g/mol. The Bertz CT molecular complexity index is 173. The van der Waals surface area contributed by atoms with Gasteiger partial charge in [0.15, 0.2) is 0 Å². The molecule has 1 aliphatic rings. The normalized spacial score (nSPS) is 29.4. The molecule has 0 radical (unpaired) electrons. The van der Waals surface area contributed by atoms with Gasteiger partial charge in [-0.25, -0.2) is 9.79 Å². The summed E-state index contributed by atoms with van der Waals surface area (Å²) < 4.78 is 0. The van der Waals surface area contributed by atoms with E-state index in [1.165, 1.54) is 25.7 Å². The number of nitrogens with zero attached hydrogens (tertiary/aromatic N) is 1. The van der Waals surface area contributed by atoms with E-state index in [1.807, 2.05) is 0 Å². The van der Waals surface area contributed by atoms with Gasteiger partial charge < -0.3 is 0 Å². The predicted octanol–water partition coefficient (Wildman–Crippen LogP) is 2.54. The molecule has 0 aliphatic heterocycles. The summed E-state index contributed by atoms with van der Waals surface area (Å²) in [5, 5.41) is 0. The van der Waals surface area contributed by atoms with Crippen LogP contribution in [0.1, 0.15) is 39.0 Å². The fourth-order valence-corrected chi connectivity index (χ4v) is 2.10. The molecule has 0 aromatic rings. The molecule has 1 aliphatic carbocycles. The minimum Gasteiger partial charge on any atom is -0.211 e. The highest BCUT2D eigenvalue weighted by Gasteiger charge is 2.20. The van der Waals surface area contributed by atoms with E-state index < -0.39 is 0 Å². The fourth-order valence-electron chi connectivity index (χ4n) is 2.10. The zero-order valence-corrected chi connectivity index (χ0v) is 7.75. The Kier molecular flexibility index (Phi) is 4.02. The van der Waals surface area contributed by atoms with Gasteiger partial charge in [-0.2, -0.15) is 0 Å². The molecular formula is C10H17NO. The quantitative estimate of drug-likeness (QED) is 0.469. The van der Waals surface area contributed by atoms with Crippen LogP contribution in [0.2, 0.25) is 0 Å². The number of carbonyl (C=O) groups excluding carboxylic acids is 1. The standard InChI is InChI=1S/C10H17NO/c1-9-4-2-3-5-10(9)6-7-11-8-12/h9-10H,2-7H2,1H3. The van der Waals surface area contributed by atoms with Crippen LogP contribution in [0.3, 0.4) is 0 Å². The molecule has 0 spiro atoms. The van der Waals surface area contributed by atoms with Gasteiger partial charge in [0, 0.05) is 0 Å². The van der Waals surface area contributed by atoms with E-state index >= 15 is 0 Å². The van der Waals surface area contributed by atoms with Crippen molar-refractivity contribution in [2.45, 2.75) is 39.0 Å². The van der Waals surface area contributed by atoms with Crippen LogP contribution in [-0.2, 0) is 4.79 Å². The molecule has 0 heterocycles. The molecule has 0 saturated heterocycles. The van der Waals surface area contributed by atoms with Crippen LogP contribution >= 0.6 is 0 Å². The third-order valence-corrected chi connectivity index (χ3v) is 2.97. The monoisotopic (exact) mass is 167 g/mol. The lowest BCUT2D eigenvalue weighted by atomic mass is 9.79. The van der Waals surface area contributed by atoms with Crippen molar-refractivity contribution in [1.29, 1.82) is 0 Å². The summed E-state index contributed by atoms with van der Waals surface area (Å²) in [6, 6.07) is 0. The van der Waals surface area contributed by atoms with Crippen LogP contribution in [0, 0.1) is 11.8 Å². The molecule has 1 rings (SSSR count). The second-order valence-electron chi connectivity index (χ2n) is 3.78. The molecule has 2 nitrogen and oxygen atoms in total. The SMILES string of the molecule is CC1CCCCC1CCN=C=O. The summed E-state index contributed by atoms with van der Waals surface area (Å²) >= 11 is 0. The van der Waals surface area contributed by atoms with Crippen LogP contribution in [0.15, 0.2) is 4.99 Å². The van der Waals surface area contributed by atoms with Crippen molar-refractivity contribution in [1.82, 2.24) is 0 Å².